The molecule has 0 radical (unpaired) electrons. The van der Waals surface area contributed by atoms with E-state index in [4.69, 9.17) is 5.73 Å². The number of ether oxygens (including phenoxy) is 1. The molecule has 7 nitrogen and oxygen atoms in total. The van der Waals surface area contributed by atoms with Crippen LogP contribution in [0.25, 0.3) is 11.1 Å². The summed E-state index contributed by atoms with van der Waals surface area (Å²) in [7, 11) is 1.36. The number of anilines is 1. The smallest absolute Gasteiger partial charge is 0.426 e. The number of carbonyl (C=O) groups excluding carboxylic acids is 2. The van der Waals surface area contributed by atoms with E-state index in [1.807, 2.05) is 0 Å². The van der Waals surface area contributed by atoms with Gasteiger partial charge in [-0.25, -0.2) is 8.78 Å². The van der Waals surface area contributed by atoms with Crippen LogP contribution in [0.2, 0.25) is 0 Å². The van der Waals surface area contributed by atoms with Crippen LogP contribution in [0.3, 0.4) is 0 Å². The van der Waals surface area contributed by atoms with E-state index in [9.17, 15) is 35.9 Å². The Balaban J connectivity index is 2.10. The zero-order valence-corrected chi connectivity index (χ0v) is 17.2. The van der Waals surface area contributed by atoms with E-state index < -0.39 is 53.5 Å². The number of rotatable bonds is 8. The predicted molar refractivity (Wildman–Crippen MR) is 108 cm³/mol. The van der Waals surface area contributed by atoms with Crippen LogP contribution in [0.15, 0.2) is 48.7 Å². The van der Waals surface area contributed by atoms with Crippen LogP contribution in [0.4, 0.5) is 32.0 Å². The lowest BCUT2D eigenvalue weighted by atomic mass is 9.94. The van der Waals surface area contributed by atoms with Gasteiger partial charge in [-0.2, -0.15) is 22.7 Å². The summed E-state index contributed by atoms with van der Waals surface area (Å²) in [6.45, 7) is 0. The highest BCUT2D eigenvalue weighted by Gasteiger charge is 2.44. The third-order valence-electron chi connectivity index (χ3n) is 4.55. The minimum absolute atomic E-state index is 0.145. The number of para-hydroxylation sites is 2. The number of benzene rings is 2. The zero-order chi connectivity index (χ0) is 25.2. The summed E-state index contributed by atoms with van der Waals surface area (Å²) in [5, 5.41) is 5.85. The lowest BCUT2D eigenvalue weighted by molar-refractivity contribution is -0.252. The number of nitrogens with one attached hydrogen (secondary N) is 1. The molecular weight excluding hydrogens is 470 g/mol. The SMILES string of the molecule is Cn1cc(-c2cccc(C(N)=O)c2C(=O)Nc2ccccc2OC(F)(F)C(F)F)c(C(F)F)n1. The first-order chi connectivity index (χ1) is 15.9. The fourth-order valence-corrected chi connectivity index (χ4v) is 3.14. The minimum atomic E-state index is -4.86. The molecule has 3 N–H and O–H groups in total. The lowest BCUT2D eigenvalue weighted by Gasteiger charge is -2.20. The summed E-state index contributed by atoms with van der Waals surface area (Å²) in [5.74, 6) is -3.00. The zero-order valence-electron chi connectivity index (χ0n) is 17.2. The maximum atomic E-state index is 13.5. The highest BCUT2D eigenvalue weighted by Crippen LogP contribution is 2.36. The topological polar surface area (TPSA) is 99.2 Å². The van der Waals surface area contributed by atoms with Crippen molar-refractivity contribution in [3.05, 3.63) is 65.5 Å². The van der Waals surface area contributed by atoms with E-state index in [0.717, 1.165) is 22.9 Å². The van der Waals surface area contributed by atoms with Crippen molar-refractivity contribution < 1.29 is 40.7 Å². The van der Waals surface area contributed by atoms with Crippen LogP contribution in [-0.2, 0) is 7.05 Å². The van der Waals surface area contributed by atoms with Crippen molar-refractivity contribution in [1.82, 2.24) is 9.78 Å². The maximum absolute atomic E-state index is 13.5. The quantitative estimate of drug-likeness (QED) is 0.454. The van der Waals surface area contributed by atoms with E-state index in [1.54, 1.807) is 0 Å². The van der Waals surface area contributed by atoms with Crippen LogP contribution < -0.4 is 15.8 Å². The molecule has 0 bridgehead atoms. The Bertz CT molecular complexity index is 1230. The van der Waals surface area contributed by atoms with E-state index in [2.05, 4.69) is 15.2 Å². The standard InChI is InChI=1S/C21H16F6N4O3/c1-31-9-12(16(30-31)17(22)23)10-5-4-6-11(18(28)32)15(10)19(33)29-13-7-2-3-8-14(13)34-21(26,27)20(24)25/h2-9,17,20H,1H3,(H2,28,32)(H,29,33). The number of carbonyl (C=O) groups is 2. The molecule has 0 fully saturated rings. The van der Waals surface area contributed by atoms with Crippen molar-refractivity contribution in [3.63, 3.8) is 0 Å². The molecule has 1 aromatic heterocycles. The molecule has 0 aliphatic heterocycles. The van der Waals surface area contributed by atoms with Crippen molar-refractivity contribution in [3.8, 4) is 16.9 Å². The summed E-state index contributed by atoms with van der Waals surface area (Å²) in [5.41, 5.74) is 3.07. The summed E-state index contributed by atoms with van der Waals surface area (Å²) in [6, 6.07) is 8.19. The van der Waals surface area contributed by atoms with Gasteiger partial charge < -0.3 is 15.8 Å². The maximum Gasteiger partial charge on any atom is 0.461 e. The highest BCUT2D eigenvalue weighted by atomic mass is 19.3. The Morgan fingerprint density at radius 3 is 2.35 bits per heavy atom. The average molecular weight is 486 g/mol. The van der Waals surface area contributed by atoms with Gasteiger partial charge in [-0.3, -0.25) is 14.3 Å². The van der Waals surface area contributed by atoms with Gasteiger partial charge in [-0.15, -0.1) is 0 Å². The van der Waals surface area contributed by atoms with Gasteiger partial charge in [-0.1, -0.05) is 24.3 Å². The number of amides is 2. The number of aryl methyl sites for hydroxylation is 1. The van der Waals surface area contributed by atoms with Gasteiger partial charge in [0.05, 0.1) is 16.8 Å². The molecule has 2 amide bonds. The second-order valence-electron chi connectivity index (χ2n) is 6.91. The van der Waals surface area contributed by atoms with Gasteiger partial charge >= 0.3 is 12.5 Å². The van der Waals surface area contributed by atoms with Crippen LogP contribution >= 0.6 is 0 Å². The molecule has 0 spiro atoms. The predicted octanol–water partition coefficient (Wildman–Crippen LogP) is 4.61. The lowest BCUT2D eigenvalue weighted by Crippen LogP contribution is -2.33. The minimum Gasteiger partial charge on any atom is -0.426 e. The summed E-state index contributed by atoms with van der Waals surface area (Å²) in [6.07, 6.45) is -10.9. The number of aromatic nitrogens is 2. The Morgan fingerprint density at radius 2 is 1.74 bits per heavy atom. The van der Waals surface area contributed by atoms with Gasteiger partial charge in [0.25, 0.3) is 12.3 Å². The third kappa shape index (κ3) is 4.97. The largest absolute Gasteiger partial charge is 0.461 e. The van der Waals surface area contributed by atoms with Crippen molar-refractivity contribution in [2.75, 3.05) is 5.32 Å². The number of hydrogen-bond donors (Lipinski definition) is 2. The van der Waals surface area contributed by atoms with Crippen LogP contribution in [0, 0.1) is 0 Å². The molecule has 3 aromatic rings. The monoisotopic (exact) mass is 486 g/mol. The average Bonchev–Trinajstić information content (AvgIpc) is 3.16. The van der Waals surface area contributed by atoms with Crippen LogP contribution in [0.1, 0.15) is 32.8 Å². The molecule has 0 atom stereocenters. The summed E-state index contributed by atoms with van der Waals surface area (Å²) < 4.78 is 84.2. The van der Waals surface area contributed by atoms with E-state index in [0.29, 0.717) is 0 Å². The van der Waals surface area contributed by atoms with Crippen molar-refractivity contribution in [1.29, 1.82) is 0 Å². The molecule has 0 aliphatic rings. The van der Waals surface area contributed by atoms with Gasteiger partial charge in [0.2, 0.25) is 5.91 Å². The van der Waals surface area contributed by atoms with Crippen LogP contribution in [-0.4, -0.2) is 34.1 Å². The molecule has 0 aliphatic carbocycles. The van der Waals surface area contributed by atoms with E-state index in [-0.39, 0.29) is 16.7 Å². The second-order valence-corrected chi connectivity index (χ2v) is 6.91. The molecule has 2 aromatic carbocycles. The number of halogens is 6. The Hall–Kier alpha value is -4.03. The Kier molecular flexibility index (Phi) is 6.84. The molecule has 13 heteroatoms. The Morgan fingerprint density at radius 1 is 1.06 bits per heavy atom. The summed E-state index contributed by atoms with van der Waals surface area (Å²) in [4.78, 5) is 25.1. The second kappa shape index (κ2) is 9.45. The molecule has 3 rings (SSSR count). The number of alkyl halides is 6. The number of primary amides is 1. The van der Waals surface area contributed by atoms with Gasteiger partial charge in [0, 0.05) is 18.8 Å². The highest BCUT2D eigenvalue weighted by molar-refractivity contribution is 6.16. The normalized spacial score (nSPS) is 11.7. The molecule has 0 saturated carbocycles. The van der Waals surface area contributed by atoms with Gasteiger partial charge in [-0.05, 0) is 23.8 Å². The Labute approximate surface area is 188 Å². The van der Waals surface area contributed by atoms with Crippen molar-refractivity contribution in [2.45, 2.75) is 19.0 Å². The number of hydrogen-bond acceptors (Lipinski definition) is 4. The molecule has 1 heterocycles. The molecular formula is C21H16F6N4O3. The first kappa shape index (κ1) is 24.6. The van der Waals surface area contributed by atoms with Gasteiger partial charge in [0.15, 0.2) is 0 Å². The third-order valence-corrected chi connectivity index (χ3v) is 4.55. The van der Waals surface area contributed by atoms with Crippen molar-refractivity contribution in [2.24, 2.45) is 12.8 Å². The molecule has 0 saturated heterocycles. The van der Waals surface area contributed by atoms with Gasteiger partial charge in [0.1, 0.15) is 11.4 Å². The van der Waals surface area contributed by atoms with Crippen LogP contribution in [0.5, 0.6) is 5.75 Å². The van der Waals surface area contributed by atoms with E-state index in [1.165, 1.54) is 37.5 Å². The van der Waals surface area contributed by atoms with E-state index >= 15 is 0 Å². The molecule has 34 heavy (non-hydrogen) atoms. The summed E-state index contributed by atoms with van der Waals surface area (Å²) >= 11 is 0. The van der Waals surface area contributed by atoms with Crippen molar-refractivity contribution >= 4 is 17.5 Å². The number of nitrogens with two attached hydrogens (primary N) is 1. The molecule has 180 valence electrons. The number of nitrogens with zero attached hydrogens (tertiary/aromatic N) is 2. The fraction of sp³-hybridized carbons (Fsp3) is 0.190. The first-order valence-electron chi connectivity index (χ1n) is 9.42. The molecule has 0 unspecified atom stereocenters. The fourth-order valence-electron chi connectivity index (χ4n) is 3.14. The first-order valence-corrected chi connectivity index (χ1v) is 9.42.